The molecule has 1 unspecified atom stereocenters. The van der Waals surface area contributed by atoms with Crippen LogP contribution in [-0.2, 0) is 13.0 Å². The number of aliphatic hydroxyl groups excluding tert-OH is 1. The Morgan fingerprint density at radius 1 is 1.00 bits per heavy atom. The van der Waals surface area contributed by atoms with Gasteiger partial charge >= 0.3 is 0 Å². The number of β-amino-alcohol motifs (C(OH)–C–C–N with tert-alkyl or cyclic N) is 1. The summed E-state index contributed by atoms with van der Waals surface area (Å²) in [7, 11) is 1.68. The van der Waals surface area contributed by atoms with Crippen molar-refractivity contribution in [2.45, 2.75) is 26.0 Å². The lowest BCUT2D eigenvalue weighted by Gasteiger charge is -2.30. The van der Waals surface area contributed by atoms with E-state index < -0.39 is 6.10 Å². The van der Waals surface area contributed by atoms with Gasteiger partial charge in [-0.1, -0.05) is 48.0 Å². The van der Waals surface area contributed by atoms with Gasteiger partial charge in [-0.25, -0.2) is 0 Å². The maximum absolute atomic E-state index is 10.5. The molecule has 1 heterocycles. The minimum atomic E-state index is -0.535. The number of rotatable bonds is 7. The second kappa shape index (κ2) is 9.33. The number of benzene rings is 3. The first kappa shape index (κ1) is 20.5. The minimum absolute atomic E-state index is 0.270. The molecule has 3 aromatic rings. The predicted octanol–water partition coefficient (Wildman–Crippen LogP) is 4.47. The summed E-state index contributed by atoms with van der Waals surface area (Å²) in [6.45, 7) is 4.80. The monoisotopic (exact) mass is 403 g/mol. The first-order chi connectivity index (χ1) is 14.6. The largest absolute Gasteiger partial charge is 0.496 e. The molecule has 0 fully saturated rings. The highest BCUT2D eigenvalue weighted by Crippen LogP contribution is 2.32. The number of hydrogen-bond acceptors (Lipinski definition) is 4. The third-order valence-corrected chi connectivity index (χ3v) is 5.62. The van der Waals surface area contributed by atoms with Crippen molar-refractivity contribution in [2.24, 2.45) is 0 Å². The first-order valence-corrected chi connectivity index (χ1v) is 10.5. The average molecular weight is 404 g/mol. The molecule has 1 aliphatic heterocycles. The van der Waals surface area contributed by atoms with Crippen LogP contribution in [0.2, 0.25) is 0 Å². The number of fused-ring (bicyclic) bond motifs is 1. The number of hydrogen-bond donors (Lipinski definition) is 1. The number of nitrogens with zero attached hydrogens (tertiary/aromatic N) is 1. The van der Waals surface area contributed by atoms with E-state index in [0.29, 0.717) is 6.54 Å². The Bertz CT molecular complexity index is 1000. The fraction of sp³-hybridized carbons (Fsp3) is 0.308. The lowest BCUT2D eigenvalue weighted by atomic mass is 10.00. The van der Waals surface area contributed by atoms with Gasteiger partial charge in [-0.05, 0) is 54.3 Å². The van der Waals surface area contributed by atoms with Crippen LogP contribution in [0.1, 0.15) is 16.7 Å². The molecule has 0 amide bonds. The molecule has 4 nitrogen and oxygen atoms in total. The molecule has 3 aromatic carbocycles. The first-order valence-electron chi connectivity index (χ1n) is 10.5. The number of ether oxygens (including phenoxy) is 2. The third kappa shape index (κ3) is 4.84. The Balaban J connectivity index is 1.37. The standard InChI is InChI=1S/C26H29NO3/c1-19-10-11-26(29-2)25(14-19)21-8-5-9-24(15-21)30-18-23(28)17-27-13-12-20-6-3-4-7-22(20)16-27/h3-11,14-15,23,28H,12-13,16-18H2,1-2H3. The molecule has 0 aromatic heterocycles. The topological polar surface area (TPSA) is 41.9 Å². The Labute approximate surface area is 178 Å². The molecule has 0 saturated heterocycles. The molecule has 0 bridgehead atoms. The lowest BCUT2D eigenvalue weighted by molar-refractivity contribution is 0.0638. The summed E-state index contributed by atoms with van der Waals surface area (Å²) < 4.78 is 11.4. The van der Waals surface area contributed by atoms with Gasteiger partial charge in [-0.3, -0.25) is 4.90 Å². The molecule has 4 rings (SSSR count). The molecule has 1 atom stereocenters. The van der Waals surface area contributed by atoms with Crippen molar-refractivity contribution in [3.8, 4) is 22.6 Å². The minimum Gasteiger partial charge on any atom is -0.496 e. The zero-order valence-corrected chi connectivity index (χ0v) is 17.7. The molecule has 0 spiro atoms. The van der Waals surface area contributed by atoms with Gasteiger partial charge in [0.1, 0.15) is 24.2 Å². The summed E-state index contributed by atoms with van der Waals surface area (Å²) in [6, 6.07) is 22.6. The van der Waals surface area contributed by atoms with Crippen molar-refractivity contribution < 1.29 is 14.6 Å². The molecule has 0 aliphatic carbocycles. The molecule has 0 radical (unpaired) electrons. The fourth-order valence-corrected chi connectivity index (χ4v) is 4.05. The van der Waals surface area contributed by atoms with Crippen molar-refractivity contribution in [3.05, 3.63) is 83.4 Å². The highest BCUT2D eigenvalue weighted by atomic mass is 16.5. The van der Waals surface area contributed by atoms with E-state index >= 15 is 0 Å². The Hall–Kier alpha value is -2.82. The molecule has 1 aliphatic rings. The molecular formula is C26H29NO3. The van der Waals surface area contributed by atoms with Crippen molar-refractivity contribution in [2.75, 3.05) is 26.8 Å². The summed E-state index contributed by atoms with van der Waals surface area (Å²) in [5.74, 6) is 1.59. The van der Waals surface area contributed by atoms with E-state index in [1.54, 1.807) is 7.11 Å². The number of methoxy groups -OCH3 is 1. The highest BCUT2D eigenvalue weighted by Gasteiger charge is 2.18. The van der Waals surface area contributed by atoms with Crippen LogP contribution < -0.4 is 9.47 Å². The van der Waals surface area contributed by atoms with Gasteiger partial charge in [-0.15, -0.1) is 0 Å². The van der Waals surface area contributed by atoms with E-state index in [9.17, 15) is 5.11 Å². The van der Waals surface area contributed by atoms with E-state index in [2.05, 4.69) is 42.2 Å². The summed E-state index contributed by atoms with van der Waals surface area (Å²) in [6.07, 6.45) is 0.497. The van der Waals surface area contributed by atoms with Crippen molar-refractivity contribution in [3.63, 3.8) is 0 Å². The van der Waals surface area contributed by atoms with E-state index in [-0.39, 0.29) is 6.61 Å². The van der Waals surface area contributed by atoms with E-state index in [0.717, 1.165) is 42.1 Å². The smallest absolute Gasteiger partial charge is 0.126 e. The zero-order chi connectivity index (χ0) is 20.9. The lowest BCUT2D eigenvalue weighted by Crippen LogP contribution is -2.38. The highest BCUT2D eigenvalue weighted by molar-refractivity contribution is 5.72. The summed E-state index contributed by atoms with van der Waals surface area (Å²) >= 11 is 0. The van der Waals surface area contributed by atoms with Gasteiger partial charge in [0.15, 0.2) is 0 Å². The zero-order valence-electron chi connectivity index (χ0n) is 17.7. The van der Waals surface area contributed by atoms with Crippen LogP contribution >= 0.6 is 0 Å². The molecular weight excluding hydrogens is 374 g/mol. The summed E-state index contributed by atoms with van der Waals surface area (Å²) in [5, 5.41) is 10.5. The predicted molar refractivity (Wildman–Crippen MR) is 120 cm³/mol. The number of aryl methyl sites for hydroxylation is 1. The van der Waals surface area contributed by atoms with Crippen LogP contribution in [0.25, 0.3) is 11.1 Å². The maximum atomic E-state index is 10.5. The van der Waals surface area contributed by atoms with E-state index in [1.165, 1.54) is 16.7 Å². The summed E-state index contributed by atoms with van der Waals surface area (Å²) in [4.78, 5) is 2.30. The third-order valence-electron chi connectivity index (χ3n) is 5.62. The normalized spacial score (nSPS) is 14.8. The quantitative estimate of drug-likeness (QED) is 0.632. The van der Waals surface area contributed by atoms with Crippen LogP contribution in [0.3, 0.4) is 0 Å². The van der Waals surface area contributed by atoms with Gasteiger partial charge in [0.05, 0.1) is 7.11 Å². The van der Waals surface area contributed by atoms with Crippen LogP contribution in [0.5, 0.6) is 11.5 Å². The SMILES string of the molecule is COc1ccc(C)cc1-c1cccc(OCC(O)CN2CCc3ccccc3C2)c1. The molecule has 156 valence electrons. The van der Waals surface area contributed by atoms with Crippen molar-refractivity contribution in [1.29, 1.82) is 0 Å². The van der Waals surface area contributed by atoms with Gasteiger partial charge in [0, 0.05) is 25.2 Å². The Morgan fingerprint density at radius 3 is 2.67 bits per heavy atom. The van der Waals surface area contributed by atoms with Crippen molar-refractivity contribution in [1.82, 2.24) is 4.90 Å². The second-order valence-corrected chi connectivity index (χ2v) is 7.95. The molecule has 4 heteroatoms. The van der Waals surface area contributed by atoms with Gasteiger partial charge in [0.2, 0.25) is 0 Å². The summed E-state index contributed by atoms with van der Waals surface area (Å²) in [5.41, 5.74) is 6.03. The van der Waals surface area contributed by atoms with Crippen LogP contribution in [0.15, 0.2) is 66.7 Å². The average Bonchev–Trinajstić information content (AvgIpc) is 2.78. The Morgan fingerprint density at radius 2 is 1.83 bits per heavy atom. The maximum Gasteiger partial charge on any atom is 0.126 e. The molecule has 30 heavy (non-hydrogen) atoms. The van der Waals surface area contributed by atoms with Gasteiger partial charge in [-0.2, -0.15) is 0 Å². The Kier molecular flexibility index (Phi) is 6.36. The van der Waals surface area contributed by atoms with Crippen LogP contribution in [0, 0.1) is 6.92 Å². The van der Waals surface area contributed by atoms with Gasteiger partial charge in [0.25, 0.3) is 0 Å². The van der Waals surface area contributed by atoms with Gasteiger partial charge < -0.3 is 14.6 Å². The number of aliphatic hydroxyl groups is 1. The fourth-order valence-electron chi connectivity index (χ4n) is 4.05. The van der Waals surface area contributed by atoms with Crippen LogP contribution in [0.4, 0.5) is 0 Å². The van der Waals surface area contributed by atoms with E-state index in [1.807, 2.05) is 36.4 Å². The molecule has 0 saturated carbocycles. The second-order valence-electron chi connectivity index (χ2n) is 7.95. The van der Waals surface area contributed by atoms with Crippen molar-refractivity contribution >= 4 is 0 Å². The molecule has 1 N–H and O–H groups in total. The van der Waals surface area contributed by atoms with E-state index in [4.69, 9.17) is 9.47 Å². The van der Waals surface area contributed by atoms with Crippen LogP contribution in [-0.4, -0.2) is 42.9 Å².